The Morgan fingerprint density at radius 3 is 2.79 bits per heavy atom. The summed E-state index contributed by atoms with van der Waals surface area (Å²) in [5.41, 5.74) is 7.30. The molecule has 0 bridgehead atoms. The quantitative estimate of drug-likeness (QED) is 0.671. The summed E-state index contributed by atoms with van der Waals surface area (Å²) >= 11 is 0. The van der Waals surface area contributed by atoms with E-state index in [4.69, 9.17) is 10.5 Å². The fraction of sp³-hybridized carbons (Fsp3) is 0.562. The molecule has 0 amide bonds. The van der Waals surface area contributed by atoms with Gasteiger partial charge in [0.2, 0.25) is 0 Å². The second kappa shape index (κ2) is 6.09. The number of ether oxygens (including phenoxy) is 1. The van der Waals surface area contributed by atoms with E-state index in [-0.39, 0.29) is 12.1 Å². The van der Waals surface area contributed by atoms with Gasteiger partial charge < -0.3 is 10.5 Å². The average molecular weight is 261 g/mol. The summed E-state index contributed by atoms with van der Waals surface area (Å²) < 4.78 is 5.57. The molecule has 0 spiro atoms. The maximum atomic E-state index is 11.9. The number of nitrogens with two attached hydrogens (primary N) is 1. The second-order valence-electron chi connectivity index (χ2n) is 5.80. The molecule has 1 saturated carbocycles. The van der Waals surface area contributed by atoms with Gasteiger partial charge >= 0.3 is 5.97 Å². The smallest absolute Gasteiger partial charge is 0.310 e. The van der Waals surface area contributed by atoms with Crippen LogP contribution in [-0.4, -0.2) is 12.1 Å². The normalized spacial score (nSPS) is 26.9. The van der Waals surface area contributed by atoms with Crippen molar-refractivity contribution in [3.05, 3.63) is 29.8 Å². The molecule has 2 N–H and O–H groups in total. The van der Waals surface area contributed by atoms with E-state index in [0.29, 0.717) is 18.0 Å². The molecule has 3 nitrogen and oxygen atoms in total. The molecular formula is C16H23NO2. The molecule has 1 aliphatic carbocycles. The van der Waals surface area contributed by atoms with E-state index in [1.165, 1.54) is 0 Å². The Balaban J connectivity index is 1.85. The van der Waals surface area contributed by atoms with Gasteiger partial charge in [-0.1, -0.05) is 26.0 Å². The molecule has 0 aliphatic heterocycles. The predicted octanol–water partition coefficient (Wildman–Crippen LogP) is 3.18. The number of hydrogen-bond acceptors (Lipinski definition) is 3. The van der Waals surface area contributed by atoms with E-state index >= 15 is 0 Å². The van der Waals surface area contributed by atoms with Crippen molar-refractivity contribution in [3.63, 3.8) is 0 Å². The Labute approximate surface area is 115 Å². The summed E-state index contributed by atoms with van der Waals surface area (Å²) in [4.78, 5) is 11.9. The first-order chi connectivity index (χ1) is 9.04. The van der Waals surface area contributed by atoms with E-state index in [0.717, 1.165) is 30.7 Å². The molecule has 0 radical (unpaired) electrons. The van der Waals surface area contributed by atoms with Gasteiger partial charge in [-0.2, -0.15) is 0 Å². The standard InChI is InChI=1S/C16H23NO2/c1-11-6-7-15(8-12(11)2)19-16(18)10-13-4-3-5-14(17)9-13/h3-5,9,11-12,15H,6-8,10,17H2,1-2H3. The van der Waals surface area contributed by atoms with E-state index in [1.54, 1.807) is 0 Å². The van der Waals surface area contributed by atoms with Crippen LogP contribution in [0.25, 0.3) is 0 Å². The summed E-state index contributed by atoms with van der Waals surface area (Å²) in [7, 11) is 0. The molecular weight excluding hydrogens is 238 g/mol. The van der Waals surface area contributed by atoms with Gasteiger partial charge in [0.1, 0.15) is 6.10 Å². The summed E-state index contributed by atoms with van der Waals surface area (Å²) in [6, 6.07) is 7.41. The minimum atomic E-state index is -0.141. The van der Waals surface area contributed by atoms with Crippen LogP contribution in [0.1, 0.15) is 38.7 Å². The van der Waals surface area contributed by atoms with Gasteiger partial charge in [-0.3, -0.25) is 4.79 Å². The van der Waals surface area contributed by atoms with Crippen molar-refractivity contribution in [2.24, 2.45) is 11.8 Å². The monoisotopic (exact) mass is 261 g/mol. The van der Waals surface area contributed by atoms with Crippen LogP contribution in [0.4, 0.5) is 5.69 Å². The van der Waals surface area contributed by atoms with Crippen molar-refractivity contribution in [2.45, 2.75) is 45.6 Å². The van der Waals surface area contributed by atoms with Crippen molar-refractivity contribution < 1.29 is 9.53 Å². The third kappa shape index (κ3) is 3.98. The number of esters is 1. The first-order valence-corrected chi connectivity index (χ1v) is 7.08. The first kappa shape index (κ1) is 13.9. The summed E-state index contributed by atoms with van der Waals surface area (Å²) in [6.07, 6.45) is 3.54. The molecule has 2 rings (SSSR count). The molecule has 104 valence electrons. The topological polar surface area (TPSA) is 52.3 Å². The largest absolute Gasteiger partial charge is 0.462 e. The van der Waals surface area contributed by atoms with Gasteiger partial charge in [0.05, 0.1) is 6.42 Å². The van der Waals surface area contributed by atoms with Crippen LogP contribution in [-0.2, 0) is 16.0 Å². The summed E-state index contributed by atoms with van der Waals surface area (Å²) in [5, 5.41) is 0. The molecule has 0 heterocycles. The molecule has 1 aliphatic rings. The van der Waals surface area contributed by atoms with Crippen LogP contribution in [0, 0.1) is 11.8 Å². The second-order valence-corrected chi connectivity index (χ2v) is 5.80. The third-order valence-electron chi connectivity index (χ3n) is 4.15. The fourth-order valence-corrected chi connectivity index (χ4v) is 2.70. The number of nitrogen functional groups attached to an aromatic ring is 1. The molecule has 0 saturated heterocycles. The van der Waals surface area contributed by atoms with Gasteiger partial charge in [0.25, 0.3) is 0 Å². The lowest BCUT2D eigenvalue weighted by Gasteiger charge is -2.31. The Hall–Kier alpha value is -1.51. The number of carbonyl (C=O) groups excluding carboxylic acids is 1. The highest BCUT2D eigenvalue weighted by Gasteiger charge is 2.26. The lowest BCUT2D eigenvalue weighted by Crippen LogP contribution is -2.29. The molecule has 1 aromatic rings. The Morgan fingerprint density at radius 1 is 1.32 bits per heavy atom. The van der Waals surface area contributed by atoms with Crippen LogP contribution in [0.3, 0.4) is 0 Å². The first-order valence-electron chi connectivity index (χ1n) is 7.08. The number of anilines is 1. The Bertz CT molecular complexity index is 444. The van der Waals surface area contributed by atoms with Gasteiger partial charge in [-0.05, 0) is 48.8 Å². The van der Waals surface area contributed by atoms with Crippen molar-refractivity contribution in [1.82, 2.24) is 0 Å². The molecule has 3 heteroatoms. The van der Waals surface area contributed by atoms with Crippen molar-refractivity contribution in [1.29, 1.82) is 0 Å². The van der Waals surface area contributed by atoms with Crippen molar-refractivity contribution >= 4 is 11.7 Å². The predicted molar refractivity (Wildman–Crippen MR) is 76.6 cm³/mol. The number of hydrogen-bond donors (Lipinski definition) is 1. The minimum Gasteiger partial charge on any atom is -0.462 e. The van der Waals surface area contributed by atoms with Gasteiger partial charge in [0.15, 0.2) is 0 Å². The number of carbonyl (C=O) groups is 1. The highest BCUT2D eigenvalue weighted by Crippen LogP contribution is 2.31. The van der Waals surface area contributed by atoms with E-state index in [9.17, 15) is 4.79 Å². The van der Waals surface area contributed by atoms with Crippen LogP contribution in [0.15, 0.2) is 24.3 Å². The molecule has 0 aromatic heterocycles. The van der Waals surface area contributed by atoms with Crippen LogP contribution in [0.2, 0.25) is 0 Å². The minimum absolute atomic E-state index is 0.0970. The van der Waals surface area contributed by atoms with Crippen LogP contribution in [0.5, 0.6) is 0 Å². The van der Waals surface area contributed by atoms with E-state index in [1.807, 2.05) is 24.3 Å². The van der Waals surface area contributed by atoms with Crippen LogP contribution < -0.4 is 5.73 Å². The zero-order valence-corrected chi connectivity index (χ0v) is 11.8. The highest BCUT2D eigenvalue weighted by molar-refractivity contribution is 5.73. The lowest BCUT2D eigenvalue weighted by molar-refractivity contribution is -0.151. The van der Waals surface area contributed by atoms with E-state index in [2.05, 4.69) is 13.8 Å². The Kier molecular flexibility index (Phi) is 4.46. The zero-order chi connectivity index (χ0) is 13.8. The molecule has 1 aromatic carbocycles. The van der Waals surface area contributed by atoms with Crippen LogP contribution >= 0.6 is 0 Å². The maximum Gasteiger partial charge on any atom is 0.310 e. The fourth-order valence-electron chi connectivity index (χ4n) is 2.70. The Morgan fingerprint density at radius 2 is 2.11 bits per heavy atom. The average Bonchev–Trinajstić information content (AvgIpc) is 2.34. The van der Waals surface area contributed by atoms with Crippen molar-refractivity contribution in [3.8, 4) is 0 Å². The number of rotatable bonds is 3. The number of benzene rings is 1. The van der Waals surface area contributed by atoms with Gasteiger partial charge in [-0.25, -0.2) is 0 Å². The van der Waals surface area contributed by atoms with Crippen molar-refractivity contribution in [2.75, 3.05) is 5.73 Å². The summed E-state index contributed by atoms with van der Waals surface area (Å²) in [5.74, 6) is 1.24. The lowest BCUT2D eigenvalue weighted by atomic mass is 9.80. The third-order valence-corrected chi connectivity index (χ3v) is 4.15. The van der Waals surface area contributed by atoms with Gasteiger partial charge in [-0.15, -0.1) is 0 Å². The van der Waals surface area contributed by atoms with E-state index < -0.39 is 0 Å². The SMILES string of the molecule is CC1CCC(OC(=O)Cc2cccc(N)c2)CC1C. The molecule has 3 unspecified atom stereocenters. The highest BCUT2D eigenvalue weighted by atomic mass is 16.5. The molecule has 3 atom stereocenters. The molecule has 1 fully saturated rings. The maximum absolute atomic E-state index is 11.9. The summed E-state index contributed by atoms with van der Waals surface area (Å²) in [6.45, 7) is 4.51. The zero-order valence-electron chi connectivity index (χ0n) is 11.8. The van der Waals surface area contributed by atoms with Gasteiger partial charge in [0, 0.05) is 5.69 Å². The molecule has 19 heavy (non-hydrogen) atoms.